The quantitative estimate of drug-likeness (QED) is 0.187. The van der Waals surface area contributed by atoms with Gasteiger partial charge in [0.15, 0.2) is 5.78 Å². The van der Waals surface area contributed by atoms with Crippen molar-refractivity contribution >= 4 is 31.3 Å². The van der Waals surface area contributed by atoms with Gasteiger partial charge in [-0.15, -0.1) is 0 Å². The van der Waals surface area contributed by atoms with Crippen molar-refractivity contribution < 1.29 is 4.79 Å². The van der Waals surface area contributed by atoms with Crippen molar-refractivity contribution in [2.75, 3.05) is 17.2 Å². The number of Topliss-reactive ketones (excluding diaryl/α,β-unsaturated/α-hetero) is 1. The highest BCUT2D eigenvalue weighted by molar-refractivity contribution is 6.03. The molecule has 2 aromatic rings. The van der Waals surface area contributed by atoms with Crippen LogP contribution in [0, 0.1) is 0 Å². The summed E-state index contributed by atoms with van der Waals surface area (Å²) in [4.78, 5) is 16.9. The van der Waals surface area contributed by atoms with E-state index in [0.717, 1.165) is 43.6 Å². The van der Waals surface area contributed by atoms with Gasteiger partial charge >= 0.3 is 0 Å². The molecule has 2 aliphatic rings. The Morgan fingerprint density at radius 2 is 1.06 bits per heavy atom. The van der Waals surface area contributed by atoms with Crippen molar-refractivity contribution in [3.63, 3.8) is 0 Å². The number of anilines is 2. The van der Waals surface area contributed by atoms with Gasteiger partial charge in [0.1, 0.15) is 0 Å². The number of nitrogens with one attached hydrogen (secondary N) is 2. The standard InChI is InChI=1S/C22H34N2.C18H25NO.C2H6.CH4.B/c1-6-7-15-23-20-13-8-9-14-21(20)24-22-18(16(2)3)11-10-12-19(22)17(4)5;1-12(2)14-8-7-9-15(13(3)4)18(14)19-16-10-5-6-11-17(16)20;1-2;;/h10-12,14,16-17,24H,6-9,13,15H2,1-5H3;7-10,12-13,19H,5-6,11H2,1-4H3;1-2H3;1H4;. The second-order valence-corrected chi connectivity index (χ2v) is 13.6. The Kier molecular flexibility index (Phi) is 21.8. The zero-order valence-electron chi connectivity index (χ0n) is 31.7. The summed E-state index contributed by atoms with van der Waals surface area (Å²) in [6, 6.07) is 13.2. The van der Waals surface area contributed by atoms with Crippen molar-refractivity contribution in [3.8, 4) is 0 Å². The Morgan fingerprint density at radius 1 is 0.667 bits per heavy atom. The van der Waals surface area contributed by atoms with E-state index in [4.69, 9.17) is 4.99 Å². The van der Waals surface area contributed by atoms with Crippen LogP contribution in [0.5, 0.6) is 0 Å². The molecule has 0 fully saturated rings. The van der Waals surface area contributed by atoms with Crippen molar-refractivity contribution in [1.82, 2.24) is 0 Å². The molecule has 5 heteroatoms. The molecule has 0 saturated heterocycles. The topological polar surface area (TPSA) is 53.5 Å². The first-order valence-electron chi connectivity index (χ1n) is 18.3. The van der Waals surface area contributed by atoms with Gasteiger partial charge in [-0.25, -0.2) is 0 Å². The monoisotopic (exact) mass is 655 g/mol. The normalized spacial score (nSPS) is 15.1. The van der Waals surface area contributed by atoms with Gasteiger partial charge in [-0.2, -0.15) is 0 Å². The molecule has 0 spiro atoms. The summed E-state index contributed by atoms with van der Waals surface area (Å²) >= 11 is 0. The number of aliphatic imine (C=N–C) groups is 1. The minimum absolute atomic E-state index is 0. The van der Waals surface area contributed by atoms with E-state index >= 15 is 0 Å². The van der Waals surface area contributed by atoms with Gasteiger partial charge in [0.05, 0.1) is 17.1 Å². The van der Waals surface area contributed by atoms with Crippen LogP contribution in [0.25, 0.3) is 0 Å². The molecule has 4 nitrogen and oxygen atoms in total. The number of allylic oxidation sites excluding steroid dienone is 4. The number of carbonyl (C=O) groups is 1. The molecule has 4 rings (SSSR count). The molecule has 0 atom stereocenters. The number of hydrogen-bond acceptors (Lipinski definition) is 4. The number of para-hydroxylation sites is 2. The predicted molar refractivity (Wildman–Crippen MR) is 216 cm³/mol. The van der Waals surface area contributed by atoms with E-state index in [1.165, 1.54) is 58.6 Å². The number of unbranched alkanes of at least 4 members (excludes halogenated alkanes) is 1. The van der Waals surface area contributed by atoms with Crippen LogP contribution in [-0.2, 0) is 4.79 Å². The summed E-state index contributed by atoms with van der Waals surface area (Å²) in [5.74, 6) is 2.14. The first-order valence-corrected chi connectivity index (χ1v) is 18.3. The molecule has 0 aromatic heterocycles. The van der Waals surface area contributed by atoms with E-state index in [1.54, 1.807) is 0 Å². The lowest BCUT2D eigenvalue weighted by Gasteiger charge is -2.24. The van der Waals surface area contributed by atoms with Gasteiger partial charge in [0.2, 0.25) is 0 Å². The molecule has 0 unspecified atom stereocenters. The number of hydrogen-bond donors (Lipinski definition) is 2. The van der Waals surface area contributed by atoms with Crippen LogP contribution in [0.15, 0.2) is 64.9 Å². The van der Waals surface area contributed by atoms with Crippen molar-refractivity contribution in [3.05, 3.63) is 82.2 Å². The summed E-state index contributed by atoms with van der Waals surface area (Å²) in [7, 11) is 0. The average molecular weight is 655 g/mol. The predicted octanol–water partition coefficient (Wildman–Crippen LogP) is 12.9. The Morgan fingerprint density at radius 3 is 1.46 bits per heavy atom. The van der Waals surface area contributed by atoms with E-state index in [-0.39, 0.29) is 21.6 Å². The van der Waals surface area contributed by atoms with Crippen LogP contribution in [0.2, 0.25) is 0 Å². The lowest BCUT2D eigenvalue weighted by Crippen LogP contribution is -2.18. The van der Waals surface area contributed by atoms with E-state index in [2.05, 4.69) is 115 Å². The van der Waals surface area contributed by atoms with E-state index in [1.807, 2.05) is 19.9 Å². The third-order valence-corrected chi connectivity index (χ3v) is 8.61. The fourth-order valence-corrected chi connectivity index (χ4v) is 5.97. The van der Waals surface area contributed by atoms with E-state index in [9.17, 15) is 4.79 Å². The molecular formula is C43H69BN3O. The first kappa shape index (κ1) is 44.9. The lowest BCUT2D eigenvalue weighted by molar-refractivity contribution is -0.115. The smallest absolute Gasteiger partial charge is 0.178 e. The Labute approximate surface area is 298 Å². The maximum atomic E-state index is 12.0. The fraction of sp³-hybridized carbons (Fsp3) is 0.581. The second-order valence-electron chi connectivity index (χ2n) is 13.6. The molecule has 0 aliphatic heterocycles. The van der Waals surface area contributed by atoms with Crippen molar-refractivity contribution in [1.29, 1.82) is 0 Å². The zero-order chi connectivity index (χ0) is 34.2. The maximum Gasteiger partial charge on any atom is 0.178 e. The van der Waals surface area contributed by atoms with Gasteiger partial charge in [-0.3, -0.25) is 9.79 Å². The molecule has 3 radical (unpaired) electrons. The Balaban J connectivity index is 0.000000852. The lowest BCUT2D eigenvalue weighted by atomic mass is 9.92. The minimum Gasteiger partial charge on any atom is -0.354 e. The van der Waals surface area contributed by atoms with Crippen LogP contribution in [0.1, 0.15) is 181 Å². The van der Waals surface area contributed by atoms with Crippen molar-refractivity contribution in [2.45, 2.75) is 159 Å². The SMILES string of the molecule is C.CC.CC(C)c1cccc(C(C)C)c1NC1=CCCCC1=O.CCCCN=C1CCCC=C1Nc1c(C(C)C)cccc1C(C)C.[B]. The molecule has 0 amide bonds. The summed E-state index contributed by atoms with van der Waals surface area (Å²) in [6.07, 6.45) is 12.9. The molecule has 48 heavy (non-hydrogen) atoms. The highest BCUT2D eigenvalue weighted by Gasteiger charge is 2.20. The van der Waals surface area contributed by atoms with E-state index in [0.29, 0.717) is 30.1 Å². The van der Waals surface area contributed by atoms with Crippen LogP contribution >= 0.6 is 0 Å². The van der Waals surface area contributed by atoms with Gasteiger partial charge < -0.3 is 10.6 Å². The number of carbonyl (C=O) groups excluding carboxylic acids is 1. The average Bonchev–Trinajstić information content (AvgIpc) is 3.04. The highest BCUT2D eigenvalue weighted by Crippen LogP contribution is 2.35. The molecule has 2 N–H and O–H groups in total. The number of nitrogens with zero attached hydrogens (tertiary/aromatic N) is 1. The Bertz CT molecular complexity index is 1280. The number of ketones is 1. The highest BCUT2D eigenvalue weighted by atomic mass is 16.1. The molecule has 0 bridgehead atoms. The fourth-order valence-electron chi connectivity index (χ4n) is 5.97. The largest absolute Gasteiger partial charge is 0.354 e. The molecule has 2 aromatic carbocycles. The van der Waals surface area contributed by atoms with Crippen LogP contribution < -0.4 is 10.6 Å². The molecular weight excluding hydrogens is 585 g/mol. The maximum absolute atomic E-state index is 12.0. The summed E-state index contributed by atoms with van der Waals surface area (Å²) < 4.78 is 0. The number of benzene rings is 2. The van der Waals surface area contributed by atoms with Gasteiger partial charge in [-0.1, -0.05) is 139 Å². The third kappa shape index (κ3) is 13.1. The summed E-state index contributed by atoms with van der Waals surface area (Å²) in [5.41, 5.74) is 11.1. The second kappa shape index (κ2) is 23.3. The van der Waals surface area contributed by atoms with E-state index < -0.39 is 0 Å². The van der Waals surface area contributed by atoms with Crippen LogP contribution in [0.4, 0.5) is 11.4 Å². The zero-order valence-corrected chi connectivity index (χ0v) is 31.7. The number of rotatable bonds is 11. The Hall–Kier alpha value is -3.08. The molecule has 0 saturated carbocycles. The van der Waals surface area contributed by atoms with Gasteiger partial charge in [-0.05, 0) is 84.5 Å². The van der Waals surface area contributed by atoms with Crippen LogP contribution in [-0.4, -0.2) is 26.5 Å². The molecule has 2 aliphatic carbocycles. The van der Waals surface area contributed by atoms with Gasteiger partial charge in [0, 0.05) is 32.8 Å². The van der Waals surface area contributed by atoms with Crippen LogP contribution in [0.3, 0.4) is 0 Å². The first-order chi connectivity index (χ1) is 22.0. The summed E-state index contributed by atoms with van der Waals surface area (Å²) in [5, 5.41) is 7.23. The van der Waals surface area contributed by atoms with Crippen molar-refractivity contribution in [2.24, 2.45) is 4.99 Å². The summed E-state index contributed by atoms with van der Waals surface area (Å²) in [6.45, 7) is 25.1. The third-order valence-electron chi connectivity index (χ3n) is 8.61. The molecule has 265 valence electrons. The minimum atomic E-state index is 0. The van der Waals surface area contributed by atoms with Gasteiger partial charge in [0.25, 0.3) is 0 Å². The molecule has 0 heterocycles.